The molecule has 1 fully saturated rings. The van der Waals surface area contributed by atoms with Gasteiger partial charge in [-0.15, -0.1) is 0 Å². The molecule has 1 aliphatic rings. The predicted octanol–water partition coefficient (Wildman–Crippen LogP) is 1.03. The average molecular weight is 298 g/mol. The third kappa shape index (κ3) is 6.32. The Morgan fingerprint density at radius 3 is 2.38 bits per heavy atom. The van der Waals surface area contributed by atoms with Crippen molar-refractivity contribution in [2.75, 3.05) is 33.2 Å². The third-order valence-corrected chi connectivity index (χ3v) is 4.36. The lowest BCUT2D eigenvalue weighted by atomic mass is 10.00. The maximum absolute atomic E-state index is 12.1. The molecule has 124 valence electrons. The fraction of sp³-hybridized carbons (Fsp3) is 0.938. The van der Waals surface area contributed by atoms with E-state index in [2.05, 4.69) is 29.1 Å². The molecule has 0 aliphatic carbocycles. The normalized spacial score (nSPS) is 19.8. The van der Waals surface area contributed by atoms with Gasteiger partial charge < -0.3 is 16.0 Å². The predicted molar refractivity (Wildman–Crippen MR) is 88.3 cm³/mol. The summed E-state index contributed by atoms with van der Waals surface area (Å²) in [6.07, 6.45) is 2.82. The molecular formula is C16H34N4O. The second kappa shape index (κ2) is 8.11. The number of rotatable bonds is 6. The van der Waals surface area contributed by atoms with E-state index in [4.69, 9.17) is 5.73 Å². The van der Waals surface area contributed by atoms with Crippen molar-refractivity contribution in [2.45, 2.75) is 64.6 Å². The van der Waals surface area contributed by atoms with E-state index in [1.807, 2.05) is 20.8 Å². The van der Waals surface area contributed by atoms with E-state index in [1.54, 1.807) is 0 Å². The topological polar surface area (TPSA) is 61.6 Å². The number of likely N-dealkylation sites (N-methyl/N-ethyl adjacent to an activating group) is 1. The molecule has 0 spiro atoms. The highest BCUT2D eigenvalue weighted by atomic mass is 16.1. The van der Waals surface area contributed by atoms with E-state index in [9.17, 15) is 4.79 Å². The Bertz CT molecular complexity index is 319. The maximum atomic E-state index is 12.1. The molecule has 1 heterocycles. The van der Waals surface area contributed by atoms with Crippen molar-refractivity contribution in [3.63, 3.8) is 0 Å². The first-order valence-corrected chi connectivity index (χ1v) is 8.22. The maximum Gasteiger partial charge on any atom is 0.222 e. The van der Waals surface area contributed by atoms with Gasteiger partial charge in [-0.25, -0.2) is 0 Å². The van der Waals surface area contributed by atoms with Gasteiger partial charge in [0.1, 0.15) is 0 Å². The van der Waals surface area contributed by atoms with Crippen LogP contribution in [0.3, 0.4) is 0 Å². The first-order valence-electron chi connectivity index (χ1n) is 8.22. The fourth-order valence-electron chi connectivity index (χ4n) is 3.02. The van der Waals surface area contributed by atoms with Crippen LogP contribution in [0, 0.1) is 0 Å². The molecule has 0 aromatic heterocycles. The fourth-order valence-corrected chi connectivity index (χ4v) is 3.02. The molecule has 1 aliphatic heterocycles. The van der Waals surface area contributed by atoms with Crippen LogP contribution in [0.15, 0.2) is 0 Å². The molecule has 3 N–H and O–H groups in total. The highest BCUT2D eigenvalue weighted by molar-refractivity contribution is 5.77. The smallest absolute Gasteiger partial charge is 0.222 e. The molecule has 1 atom stereocenters. The van der Waals surface area contributed by atoms with Gasteiger partial charge in [-0.1, -0.05) is 6.92 Å². The highest BCUT2D eigenvalue weighted by Crippen LogP contribution is 2.18. The molecule has 0 aromatic carbocycles. The van der Waals surface area contributed by atoms with Gasteiger partial charge in [0.2, 0.25) is 5.91 Å². The van der Waals surface area contributed by atoms with E-state index in [1.165, 1.54) is 12.8 Å². The Balaban J connectivity index is 2.49. The van der Waals surface area contributed by atoms with Gasteiger partial charge in [0.25, 0.3) is 0 Å². The molecule has 0 bridgehead atoms. The second-order valence-corrected chi connectivity index (χ2v) is 7.22. The first kappa shape index (κ1) is 18.4. The summed E-state index contributed by atoms with van der Waals surface area (Å²) in [5, 5.41) is 3.03. The highest BCUT2D eigenvalue weighted by Gasteiger charge is 2.27. The van der Waals surface area contributed by atoms with Crippen molar-refractivity contribution in [3.8, 4) is 0 Å². The number of piperidine rings is 1. The third-order valence-electron chi connectivity index (χ3n) is 4.36. The summed E-state index contributed by atoms with van der Waals surface area (Å²) < 4.78 is 0. The van der Waals surface area contributed by atoms with Gasteiger partial charge in [-0.3, -0.25) is 9.69 Å². The summed E-state index contributed by atoms with van der Waals surface area (Å²) in [4.78, 5) is 16.9. The Morgan fingerprint density at radius 2 is 1.95 bits per heavy atom. The molecule has 1 amide bonds. The molecule has 5 nitrogen and oxygen atoms in total. The Kier molecular flexibility index (Phi) is 7.10. The van der Waals surface area contributed by atoms with Crippen LogP contribution in [0.1, 0.15) is 47.0 Å². The van der Waals surface area contributed by atoms with Crippen molar-refractivity contribution < 1.29 is 4.79 Å². The largest absolute Gasteiger partial charge is 0.351 e. The number of likely N-dealkylation sites (tertiary alicyclic amines) is 1. The van der Waals surface area contributed by atoms with Crippen molar-refractivity contribution in [1.29, 1.82) is 0 Å². The minimum absolute atomic E-state index is 0.0933. The first-order chi connectivity index (χ1) is 9.76. The Labute approximate surface area is 130 Å². The van der Waals surface area contributed by atoms with Crippen molar-refractivity contribution in [2.24, 2.45) is 5.73 Å². The minimum atomic E-state index is -0.179. The van der Waals surface area contributed by atoms with Crippen LogP contribution in [0.4, 0.5) is 0 Å². The molecule has 0 radical (unpaired) electrons. The zero-order valence-electron chi connectivity index (χ0n) is 14.5. The van der Waals surface area contributed by atoms with Gasteiger partial charge in [-0.05, 0) is 60.3 Å². The average Bonchev–Trinajstić information content (AvgIpc) is 2.42. The monoisotopic (exact) mass is 298 g/mol. The molecule has 21 heavy (non-hydrogen) atoms. The standard InChI is InChI=1S/C16H34N4O/c1-6-20-9-7-13(8-10-20)19(5)14(12-17)11-15(21)18-16(2,3)4/h13-14H,6-12,17H2,1-5H3,(H,18,21). The summed E-state index contributed by atoms with van der Waals surface area (Å²) >= 11 is 0. The number of nitrogens with zero attached hydrogens (tertiary/aromatic N) is 2. The van der Waals surface area contributed by atoms with Gasteiger partial charge in [-0.2, -0.15) is 0 Å². The lowest BCUT2D eigenvalue weighted by molar-refractivity contribution is -0.123. The van der Waals surface area contributed by atoms with Gasteiger partial charge >= 0.3 is 0 Å². The molecule has 1 saturated heterocycles. The Morgan fingerprint density at radius 1 is 1.38 bits per heavy atom. The number of amides is 1. The summed E-state index contributed by atoms with van der Waals surface area (Å²) in [6.45, 7) is 12.2. The number of hydrogen-bond acceptors (Lipinski definition) is 4. The van der Waals surface area contributed by atoms with E-state index < -0.39 is 0 Å². The van der Waals surface area contributed by atoms with E-state index in [0.717, 1.165) is 19.6 Å². The summed E-state index contributed by atoms with van der Waals surface area (Å²) in [6, 6.07) is 0.675. The van der Waals surface area contributed by atoms with Crippen molar-refractivity contribution in [1.82, 2.24) is 15.1 Å². The lowest BCUT2D eigenvalue weighted by Crippen LogP contribution is -2.51. The molecule has 1 unspecified atom stereocenters. The number of hydrogen-bond donors (Lipinski definition) is 2. The molecule has 5 heteroatoms. The van der Waals surface area contributed by atoms with Crippen LogP contribution >= 0.6 is 0 Å². The quantitative estimate of drug-likeness (QED) is 0.769. The Hall–Kier alpha value is -0.650. The van der Waals surface area contributed by atoms with E-state index in [0.29, 0.717) is 19.0 Å². The molecular weight excluding hydrogens is 264 g/mol. The van der Waals surface area contributed by atoms with Crippen LogP contribution in [0.5, 0.6) is 0 Å². The van der Waals surface area contributed by atoms with Crippen LogP contribution < -0.4 is 11.1 Å². The van der Waals surface area contributed by atoms with Gasteiger partial charge in [0.05, 0.1) is 0 Å². The van der Waals surface area contributed by atoms with Crippen LogP contribution in [0.25, 0.3) is 0 Å². The molecule has 0 saturated carbocycles. The minimum Gasteiger partial charge on any atom is -0.351 e. The summed E-state index contributed by atoms with van der Waals surface area (Å²) in [5.74, 6) is 0.0933. The zero-order chi connectivity index (χ0) is 16.0. The van der Waals surface area contributed by atoms with Crippen LogP contribution in [0.2, 0.25) is 0 Å². The van der Waals surface area contributed by atoms with Crippen LogP contribution in [-0.2, 0) is 4.79 Å². The van der Waals surface area contributed by atoms with Gasteiger partial charge in [0.15, 0.2) is 0 Å². The second-order valence-electron chi connectivity index (χ2n) is 7.22. The van der Waals surface area contributed by atoms with Crippen molar-refractivity contribution >= 4 is 5.91 Å². The number of nitrogens with one attached hydrogen (secondary N) is 1. The molecule has 1 rings (SSSR count). The van der Waals surface area contributed by atoms with Crippen molar-refractivity contribution in [3.05, 3.63) is 0 Å². The van der Waals surface area contributed by atoms with E-state index >= 15 is 0 Å². The van der Waals surface area contributed by atoms with E-state index in [-0.39, 0.29) is 17.5 Å². The summed E-state index contributed by atoms with van der Waals surface area (Å²) in [5.41, 5.74) is 5.73. The number of carbonyl (C=O) groups is 1. The number of carbonyl (C=O) groups excluding carboxylic acids is 1. The molecule has 0 aromatic rings. The van der Waals surface area contributed by atoms with Crippen LogP contribution in [-0.4, -0.2) is 66.6 Å². The van der Waals surface area contributed by atoms with Gasteiger partial charge in [0, 0.05) is 30.6 Å². The summed E-state index contributed by atoms with van der Waals surface area (Å²) in [7, 11) is 2.12. The zero-order valence-corrected chi connectivity index (χ0v) is 14.5. The number of nitrogens with two attached hydrogens (primary N) is 1. The SMILES string of the molecule is CCN1CCC(N(C)C(CN)CC(=O)NC(C)(C)C)CC1. The lowest BCUT2D eigenvalue weighted by Gasteiger charge is -2.40.